The second-order valence-corrected chi connectivity index (χ2v) is 9.83. The molecule has 2 N–H and O–H groups in total. The van der Waals surface area contributed by atoms with Gasteiger partial charge in [0.15, 0.2) is 0 Å². The predicted octanol–water partition coefficient (Wildman–Crippen LogP) is 2.60. The molecule has 3 heterocycles. The third-order valence-electron chi connectivity index (χ3n) is 7.65. The molecule has 0 unspecified atom stereocenters. The Morgan fingerprint density at radius 2 is 1.88 bits per heavy atom. The van der Waals surface area contributed by atoms with Crippen LogP contribution in [0.15, 0.2) is 12.1 Å². The molecule has 2 saturated heterocycles. The number of hydrogen-bond acceptors (Lipinski definition) is 5. The third kappa shape index (κ3) is 4.55. The second kappa shape index (κ2) is 9.50. The van der Waals surface area contributed by atoms with E-state index in [9.17, 15) is 14.4 Å². The Bertz CT molecular complexity index is 946. The topological polar surface area (TPSA) is 87.7 Å². The summed E-state index contributed by atoms with van der Waals surface area (Å²) in [6, 6.07) is 3.34. The van der Waals surface area contributed by atoms with E-state index in [4.69, 9.17) is 4.74 Å². The first kappa shape index (κ1) is 22.5. The quantitative estimate of drug-likeness (QED) is 0.664. The molecule has 1 aromatic rings. The number of fused-ring (bicyclic) bond motifs is 1. The summed E-state index contributed by atoms with van der Waals surface area (Å²) >= 11 is 0. The van der Waals surface area contributed by atoms with E-state index in [1.165, 1.54) is 37.0 Å². The summed E-state index contributed by atoms with van der Waals surface area (Å²) in [5.74, 6) is -1.55. The highest BCUT2D eigenvalue weighted by atomic mass is 19.1. The van der Waals surface area contributed by atoms with Crippen molar-refractivity contribution in [2.45, 2.75) is 95.0 Å². The molecule has 3 atom stereocenters. The number of halogens is 1. The van der Waals surface area contributed by atoms with E-state index in [1.54, 1.807) is 12.1 Å². The zero-order valence-corrected chi connectivity index (χ0v) is 18.9. The van der Waals surface area contributed by atoms with Gasteiger partial charge in [0.2, 0.25) is 11.8 Å². The summed E-state index contributed by atoms with van der Waals surface area (Å²) in [4.78, 5) is 38.0. The maximum absolute atomic E-state index is 15.6. The Morgan fingerprint density at radius 3 is 2.67 bits per heavy atom. The lowest BCUT2D eigenvalue weighted by molar-refractivity contribution is -0.136. The molecule has 7 nitrogen and oxygen atoms in total. The van der Waals surface area contributed by atoms with Crippen molar-refractivity contribution in [1.82, 2.24) is 15.5 Å². The van der Waals surface area contributed by atoms with Gasteiger partial charge >= 0.3 is 0 Å². The van der Waals surface area contributed by atoms with E-state index in [0.29, 0.717) is 35.8 Å². The Kier molecular flexibility index (Phi) is 6.47. The first-order valence-corrected chi connectivity index (χ1v) is 12.3. The SMILES string of the molecule is O=C1CC[C@@H](N2Cc3c(ccc(C[C@H]4OCCC[C@@H]4NC4CCCCC4)c3F)C2=O)C(=O)N1. The molecule has 0 aromatic heterocycles. The van der Waals surface area contributed by atoms with Gasteiger partial charge in [-0.3, -0.25) is 19.7 Å². The van der Waals surface area contributed by atoms with Crippen LogP contribution in [0.3, 0.4) is 0 Å². The van der Waals surface area contributed by atoms with E-state index >= 15 is 4.39 Å². The smallest absolute Gasteiger partial charge is 0.255 e. The van der Waals surface area contributed by atoms with Crippen LogP contribution in [0.5, 0.6) is 0 Å². The standard InChI is InChI=1S/C25H32FN3O4/c26-23-15(13-21-19(7-4-12-33-21)27-16-5-2-1-3-6-16)8-9-17-18(23)14-29(25(17)32)20-10-11-22(30)28-24(20)31/h8-9,16,19-21,27H,1-7,10-14H2,(H,28,30,31)/t19-,20+,21+/m0/s1. The summed E-state index contributed by atoms with van der Waals surface area (Å²) in [6.45, 7) is 0.733. The second-order valence-electron chi connectivity index (χ2n) is 9.83. The van der Waals surface area contributed by atoms with Gasteiger partial charge in [0, 0.05) is 42.7 Å². The maximum atomic E-state index is 15.6. The van der Waals surface area contributed by atoms with Crippen molar-refractivity contribution in [2.24, 2.45) is 0 Å². The predicted molar refractivity (Wildman–Crippen MR) is 119 cm³/mol. The van der Waals surface area contributed by atoms with Crippen molar-refractivity contribution in [1.29, 1.82) is 0 Å². The van der Waals surface area contributed by atoms with Crippen molar-refractivity contribution in [3.8, 4) is 0 Å². The van der Waals surface area contributed by atoms with E-state index in [0.717, 1.165) is 12.8 Å². The fourth-order valence-electron chi connectivity index (χ4n) is 5.83. The van der Waals surface area contributed by atoms with Crippen molar-refractivity contribution in [2.75, 3.05) is 6.61 Å². The van der Waals surface area contributed by atoms with Crippen molar-refractivity contribution >= 4 is 17.7 Å². The number of rotatable bonds is 5. The minimum atomic E-state index is -0.740. The van der Waals surface area contributed by atoms with Crippen LogP contribution in [0, 0.1) is 5.82 Å². The van der Waals surface area contributed by atoms with Gasteiger partial charge in [0.05, 0.1) is 12.6 Å². The number of nitrogens with one attached hydrogen (secondary N) is 2. The van der Waals surface area contributed by atoms with Crippen LogP contribution < -0.4 is 10.6 Å². The van der Waals surface area contributed by atoms with Gasteiger partial charge in [-0.1, -0.05) is 25.3 Å². The van der Waals surface area contributed by atoms with E-state index in [2.05, 4.69) is 10.6 Å². The number of imide groups is 1. The Balaban J connectivity index is 1.30. The number of benzene rings is 1. The number of carbonyl (C=O) groups excluding carboxylic acids is 3. The molecule has 0 spiro atoms. The van der Waals surface area contributed by atoms with Gasteiger partial charge in [-0.25, -0.2) is 4.39 Å². The van der Waals surface area contributed by atoms with Crippen LogP contribution in [-0.4, -0.2) is 53.5 Å². The average Bonchev–Trinajstić information content (AvgIpc) is 3.14. The molecular weight excluding hydrogens is 425 g/mol. The number of piperidine rings is 1. The molecule has 1 saturated carbocycles. The van der Waals surface area contributed by atoms with Gasteiger partial charge in [0.1, 0.15) is 11.9 Å². The number of amides is 3. The highest BCUT2D eigenvalue weighted by Crippen LogP contribution is 2.32. The molecule has 178 valence electrons. The number of hydrogen-bond donors (Lipinski definition) is 2. The fourth-order valence-corrected chi connectivity index (χ4v) is 5.83. The van der Waals surface area contributed by atoms with Gasteiger partial charge in [-0.2, -0.15) is 0 Å². The molecule has 0 radical (unpaired) electrons. The van der Waals surface area contributed by atoms with Crippen LogP contribution >= 0.6 is 0 Å². The first-order valence-electron chi connectivity index (χ1n) is 12.3. The van der Waals surface area contributed by atoms with Gasteiger partial charge < -0.3 is 15.0 Å². The maximum Gasteiger partial charge on any atom is 0.255 e. The fraction of sp³-hybridized carbons (Fsp3) is 0.640. The Hall–Kier alpha value is -2.32. The van der Waals surface area contributed by atoms with Crippen molar-refractivity contribution in [3.63, 3.8) is 0 Å². The van der Waals surface area contributed by atoms with Crippen LogP contribution in [0.25, 0.3) is 0 Å². The summed E-state index contributed by atoms with van der Waals surface area (Å²) in [6.07, 6.45) is 9.02. The lowest BCUT2D eigenvalue weighted by Crippen LogP contribution is -2.52. The molecule has 4 aliphatic rings. The highest BCUT2D eigenvalue weighted by Gasteiger charge is 2.41. The molecule has 3 amide bonds. The summed E-state index contributed by atoms with van der Waals surface area (Å²) in [5.41, 5.74) is 1.20. The minimum Gasteiger partial charge on any atom is -0.376 e. The molecule has 0 bridgehead atoms. The molecule has 33 heavy (non-hydrogen) atoms. The molecule has 5 rings (SSSR count). The average molecular weight is 458 g/mol. The lowest BCUT2D eigenvalue weighted by Gasteiger charge is -2.36. The van der Waals surface area contributed by atoms with Gasteiger partial charge in [-0.15, -0.1) is 0 Å². The van der Waals surface area contributed by atoms with Crippen LogP contribution in [0.1, 0.15) is 79.3 Å². The van der Waals surface area contributed by atoms with Gasteiger partial charge in [-0.05, 0) is 43.7 Å². The zero-order valence-electron chi connectivity index (χ0n) is 18.9. The Morgan fingerprint density at radius 1 is 1.06 bits per heavy atom. The summed E-state index contributed by atoms with van der Waals surface area (Å²) in [5, 5.41) is 6.07. The van der Waals surface area contributed by atoms with E-state index in [-0.39, 0.29) is 49.2 Å². The van der Waals surface area contributed by atoms with Gasteiger partial charge in [0.25, 0.3) is 5.91 Å². The number of ether oxygens (including phenoxy) is 1. The van der Waals surface area contributed by atoms with Crippen LogP contribution in [0.2, 0.25) is 0 Å². The molecule has 1 aromatic carbocycles. The molecule has 1 aliphatic carbocycles. The number of nitrogens with zero attached hydrogens (tertiary/aromatic N) is 1. The van der Waals surface area contributed by atoms with E-state index in [1.807, 2.05) is 0 Å². The summed E-state index contributed by atoms with van der Waals surface area (Å²) < 4.78 is 21.7. The lowest BCUT2D eigenvalue weighted by atomic mass is 9.90. The van der Waals surface area contributed by atoms with Crippen molar-refractivity contribution in [3.05, 3.63) is 34.6 Å². The highest BCUT2D eigenvalue weighted by molar-refractivity contribution is 6.05. The molecule has 8 heteroatoms. The summed E-state index contributed by atoms with van der Waals surface area (Å²) in [7, 11) is 0. The van der Waals surface area contributed by atoms with Crippen LogP contribution in [-0.2, 0) is 27.3 Å². The number of carbonyl (C=O) groups is 3. The van der Waals surface area contributed by atoms with Crippen LogP contribution in [0.4, 0.5) is 4.39 Å². The normalized spacial score (nSPS) is 28.7. The Labute approximate surface area is 193 Å². The van der Waals surface area contributed by atoms with E-state index < -0.39 is 11.9 Å². The largest absolute Gasteiger partial charge is 0.376 e. The molecule has 3 fully saturated rings. The molecule has 3 aliphatic heterocycles. The first-order chi connectivity index (χ1) is 16.0. The zero-order chi connectivity index (χ0) is 22.9. The molecular formula is C25H32FN3O4. The third-order valence-corrected chi connectivity index (χ3v) is 7.65. The van der Waals surface area contributed by atoms with Crippen molar-refractivity contribution < 1.29 is 23.5 Å². The monoisotopic (exact) mass is 457 g/mol. The minimum absolute atomic E-state index is 0.0510.